The Morgan fingerprint density at radius 2 is 2.12 bits per heavy atom. The molecule has 0 spiro atoms. The van der Waals surface area contributed by atoms with Crippen molar-refractivity contribution in [2.45, 2.75) is 52.4 Å². The van der Waals surface area contributed by atoms with E-state index in [2.05, 4.69) is 33.8 Å². The topological polar surface area (TPSA) is 22.1 Å². The number of ether oxygens (including phenoxy) is 1. The molecule has 88 valence electrons. The van der Waals surface area contributed by atoms with Crippen LogP contribution in [0.25, 0.3) is 0 Å². The molecular weight excluding hydrogens is 198 g/mol. The molecule has 0 radical (unpaired) electrons. The van der Waals surface area contributed by atoms with Crippen molar-refractivity contribution in [2.75, 3.05) is 6.61 Å². The molecule has 1 aliphatic rings. The van der Waals surface area contributed by atoms with Crippen molar-refractivity contribution in [3.05, 3.63) is 23.0 Å². The first-order chi connectivity index (χ1) is 7.52. The number of hydrogen-bond acceptors (Lipinski definition) is 2. The van der Waals surface area contributed by atoms with Crippen LogP contribution in [0.15, 0.2) is 6.07 Å². The lowest BCUT2D eigenvalue weighted by molar-refractivity contribution is 0.282. The molecule has 2 heterocycles. The number of hydrogen-bond donors (Lipinski definition) is 0. The average Bonchev–Trinajstić information content (AvgIpc) is 2.26. The Balaban J connectivity index is 2.52. The molecule has 16 heavy (non-hydrogen) atoms. The fraction of sp³-hybridized carbons (Fsp3) is 0.643. The Labute approximate surface area is 98.0 Å². The number of rotatable bonds is 1. The van der Waals surface area contributed by atoms with Crippen molar-refractivity contribution < 1.29 is 4.74 Å². The second kappa shape index (κ2) is 4.08. The Hall–Kier alpha value is -1.05. The van der Waals surface area contributed by atoms with Gasteiger partial charge in [-0.1, -0.05) is 27.7 Å². The monoisotopic (exact) mass is 219 g/mol. The second-order valence-corrected chi connectivity index (χ2v) is 5.50. The van der Waals surface area contributed by atoms with Crippen LogP contribution in [-0.2, 0) is 18.3 Å². The van der Waals surface area contributed by atoms with Crippen molar-refractivity contribution in [1.82, 2.24) is 4.98 Å². The maximum atomic E-state index is 5.75. The van der Waals surface area contributed by atoms with Crippen LogP contribution in [0.2, 0.25) is 0 Å². The molecule has 0 fully saturated rings. The van der Waals surface area contributed by atoms with E-state index in [9.17, 15) is 0 Å². The van der Waals surface area contributed by atoms with E-state index in [4.69, 9.17) is 9.72 Å². The summed E-state index contributed by atoms with van der Waals surface area (Å²) in [5.74, 6) is 1.06. The van der Waals surface area contributed by atoms with Gasteiger partial charge in [-0.05, 0) is 30.9 Å². The lowest BCUT2D eigenvalue weighted by Crippen LogP contribution is -2.18. The van der Waals surface area contributed by atoms with Crippen molar-refractivity contribution >= 4 is 0 Å². The van der Waals surface area contributed by atoms with Gasteiger partial charge in [0.05, 0.1) is 12.3 Å². The zero-order valence-electron chi connectivity index (χ0n) is 10.8. The fourth-order valence-electron chi connectivity index (χ4n) is 2.07. The predicted molar refractivity (Wildman–Crippen MR) is 66.1 cm³/mol. The van der Waals surface area contributed by atoms with E-state index in [1.807, 2.05) is 0 Å². The molecule has 0 atom stereocenters. The lowest BCUT2D eigenvalue weighted by atomic mass is 9.89. The van der Waals surface area contributed by atoms with Gasteiger partial charge in [0.15, 0.2) is 0 Å². The highest BCUT2D eigenvalue weighted by molar-refractivity contribution is 5.41. The molecule has 1 aromatic rings. The molecule has 0 unspecified atom stereocenters. The standard InChI is InChI=1S/C14H21NO/c1-5-11-13-10(7-6-8-16-13)9-12(15-11)14(2,3)4/h9H,5-8H2,1-4H3. The van der Waals surface area contributed by atoms with Crippen molar-refractivity contribution in [1.29, 1.82) is 0 Å². The third-order valence-electron chi connectivity index (χ3n) is 3.06. The maximum Gasteiger partial charge on any atom is 0.143 e. The molecule has 0 amide bonds. The Kier molecular flexibility index (Phi) is 2.92. The minimum Gasteiger partial charge on any atom is -0.491 e. The van der Waals surface area contributed by atoms with Crippen molar-refractivity contribution in [3.8, 4) is 5.75 Å². The minimum atomic E-state index is 0.121. The Morgan fingerprint density at radius 1 is 1.38 bits per heavy atom. The molecule has 0 bridgehead atoms. The molecule has 2 rings (SSSR count). The van der Waals surface area contributed by atoms with Crippen molar-refractivity contribution in [2.24, 2.45) is 0 Å². The quantitative estimate of drug-likeness (QED) is 0.723. The molecule has 1 aliphatic heterocycles. The first-order valence-electron chi connectivity index (χ1n) is 6.18. The first kappa shape index (κ1) is 11.4. The highest BCUT2D eigenvalue weighted by Gasteiger charge is 2.22. The highest BCUT2D eigenvalue weighted by Crippen LogP contribution is 2.32. The van der Waals surface area contributed by atoms with E-state index in [1.54, 1.807) is 0 Å². The molecule has 0 aromatic carbocycles. The van der Waals surface area contributed by atoms with Gasteiger partial charge in [-0.15, -0.1) is 0 Å². The van der Waals surface area contributed by atoms with Gasteiger partial charge in [0, 0.05) is 11.1 Å². The van der Waals surface area contributed by atoms with Gasteiger partial charge >= 0.3 is 0 Å². The smallest absolute Gasteiger partial charge is 0.143 e. The zero-order chi connectivity index (χ0) is 11.8. The fourth-order valence-corrected chi connectivity index (χ4v) is 2.07. The second-order valence-electron chi connectivity index (χ2n) is 5.50. The van der Waals surface area contributed by atoms with Crippen LogP contribution in [0.5, 0.6) is 5.75 Å². The van der Waals surface area contributed by atoms with Gasteiger partial charge < -0.3 is 4.74 Å². The van der Waals surface area contributed by atoms with E-state index in [1.165, 1.54) is 11.3 Å². The molecular formula is C14H21NO. The van der Waals surface area contributed by atoms with Gasteiger partial charge in [0.25, 0.3) is 0 Å². The SMILES string of the molecule is CCc1nc(C(C)(C)C)cc2c1OCCC2. The van der Waals surface area contributed by atoms with E-state index < -0.39 is 0 Å². The maximum absolute atomic E-state index is 5.75. The summed E-state index contributed by atoms with van der Waals surface area (Å²) in [6.45, 7) is 9.63. The predicted octanol–water partition coefficient (Wildman–Crippen LogP) is 3.27. The van der Waals surface area contributed by atoms with Gasteiger partial charge in [-0.3, -0.25) is 4.98 Å². The largest absolute Gasteiger partial charge is 0.491 e. The summed E-state index contributed by atoms with van der Waals surface area (Å²) in [6.07, 6.45) is 3.21. The molecule has 0 saturated carbocycles. The summed E-state index contributed by atoms with van der Waals surface area (Å²) in [5, 5.41) is 0. The summed E-state index contributed by atoms with van der Waals surface area (Å²) < 4.78 is 5.75. The summed E-state index contributed by atoms with van der Waals surface area (Å²) in [7, 11) is 0. The zero-order valence-corrected chi connectivity index (χ0v) is 10.8. The molecule has 2 heteroatoms. The van der Waals surface area contributed by atoms with E-state index >= 15 is 0 Å². The first-order valence-corrected chi connectivity index (χ1v) is 6.18. The molecule has 0 saturated heterocycles. The van der Waals surface area contributed by atoms with Gasteiger partial charge in [-0.2, -0.15) is 0 Å². The summed E-state index contributed by atoms with van der Waals surface area (Å²) in [4.78, 5) is 4.75. The van der Waals surface area contributed by atoms with Crippen LogP contribution in [0.1, 0.15) is 51.1 Å². The number of aromatic nitrogens is 1. The van der Waals surface area contributed by atoms with Crippen LogP contribution in [-0.4, -0.2) is 11.6 Å². The molecule has 0 aliphatic carbocycles. The minimum absolute atomic E-state index is 0.121. The van der Waals surface area contributed by atoms with Crippen LogP contribution in [0.3, 0.4) is 0 Å². The number of aryl methyl sites for hydroxylation is 2. The Bertz CT molecular complexity index is 373. The number of pyridine rings is 1. The summed E-state index contributed by atoms with van der Waals surface area (Å²) in [5.41, 5.74) is 3.79. The van der Waals surface area contributed by atoms with Gasteiger partial charge in [-0.25, -0.2) is 0 Å². The third kappa shape index (κ3) is 2.06. The average molecular weight is 219 g/mol. The van der Waals surface area contributed by atoms with E-state index in [0.717, 1.165) is 37.3 Å². The molecule has 2 nitrogen and oxygen atoms in total. The normalized spacial score (nSPS) is 15.5. The summed E-state index contributed by atoms with van der Waals surface area (Å²) in [6, 6.07) is 2.23. The third-order valence-corrected chi connectivity index (χ3v) is 3.06. The highest BCUT2D eigenvalue weighted by atomic mass is 16.5. The van der Waals surface area contributed by atoms with Crippen LogP contribution in [0, 0.1) is 0 Å². The van der Waals surface area contributed by atoms with E-state index in [0.29, 0.717) is 0 Å². The number of fused-ring (bicyclic) bond motifs is 1. The van der Waals surface area contributed by atoms with Gasteiger partial charge in [0.2, 0.25) is 0 Å². The van der Waals surface area contributed by atoms with Crippen LogP contribution >= 0.6 is 0 Å². The lowest BCUT2D eigenvalue weighted by Gasteiger charge is -2.25. The number of nitrogens with zero attached hydrogens (tertiary/aromatic N) is 1. The van der Waals surface area contributed by atoms with Crippen LogP contribution < -0.4 is 4.74 Å². The van der Waals surface area contributed by atoms with Gasteiger partial charge in [0.1, 0.15) is 5.75 Å². The van der Waals surface area contributed by atoms with Crippen LogP contribution in [0.4, 0.5) is 0 Å². The van der Waals surface area contributed by atoms with E-state index in [-0.39, 0.29) is 5.41 Å². The van der Waals surface area contributed by atoms with Crippen molar-refractivity contribution in [3.63, 3.8) is 0 Å². The summed E-state index contributed by atoms with van der Waals surface area (Å²) >= 11 is 0. The molecule has 1 aromatic heterocycles. The Morgan fingerprint density at radius 3 is 2.75 bits per heavy atom. The molecule has 0 N–H and O–H groups in total.